The molecule has 5 atom stereocenters. The molecule has 3 heterocycles. The average Bonchev–Trinajstić information content (AvgIpc) is 3.83. The molecule has 3 aromatic rings. The lowest BCUT2D eigenvalue weighted by Gasteiger charge is -2.31. The second-order valence-corrected chi connectivity index (χ2v) is 17.4. The van der Waals surface area contributed by atoms with Gasteiger partial charge in [0.15, 0.2) is 11.9 Å². The van der Waals surface area contributed by atoms with Gasteiger partial charge in [-0.15, -0.1) is 0 Å². The lowest BCUT2D eigenvalue weighted by Crippen LogP contribution is -2.51. The van der Waals surface area contributed by atoms with Crippen molar-refractivity contribution in [1.29, 1.82) is 0 Å². The maximum atomic E-state index is 14.3. The Balaban J connectivity index is 1.38. The molecule has 2 N–H and O–H groups in total. The molecule has 0 bridgehead atoms. The molecule has 2 fully saturated rings. The number of aliphatic hydroxyl groups is 1. The number of sulfonamides is 2. The van der Waals surface area contributed by atoms with Crippen molar-refractivity contribution in [2.75, 3.05) is 52.3 Å². The van der Waals surface area contributed by atoms with E-state index in [-0.39, 0.29) is 79.6 Å². The summed E-state index contributed by atoms with van der Waals surface area (Å²) in [7, 11) is -6.41. The summed E-state index contributed by atoms with van der Waals surface area (Å²) < 4.78 is 84.0. The van der Waals surface area contributed by atoms with E-state index in [0.29, 0.717) is 18.4 Å². The largest absolute Gasteiger partial charge is 0.443 e. The molecule has 17 heteroatoms. The molecule has 2 aromatic carbocycles. The van der Waals surface area contributed by atoms with Crippen LogP contribution in [0, 0.1) is 11.8 Å². The van der Waals surface area contributed by atoms with E-state index in [1.165, 1.54) is 40.8 Å². The molecule has 282 valence electrons. The third-order valence-corrected chi connectivity index (χ3v) is 12.7. The fourth-order valence-electron chi connectivity index (χ4n) is 6.29. The van der Waals surface area contributed by atoms with E-state index < -0.39 is 50.7 Å². The summed E-state index contributed by atoms with van der Waals surface area (Å²) in [5, 5.41) is 18.8. The van der Waals surface area contributed by atoms with Crippen molar-refractivity contribution in [2.24, 2.45) is 11.8 Å². The average molecular weight is 753 g/mol. The van der Waals surface area contributed by atoms with E-state index in [9.17, 15) is 26.7 Å². The van der Waals surface area contributed by atoms with Crippen LogP contribution >= 0.6 is 0 Å². The van der Waals surface area contributed by atoms with Crippen LogP contribution in [-0.4, -0.2) is 119 Å². The van der Waals surface area contributed by atoms with Crippen molar-refractivity contribution in [3.8, 4) is 0 Å². The summed E-state index contributed by atoms with van der Waals surface area (Å²) in [6.07, 6.45) is -2.08. The van der Waals surface area contributed by atoms with Crippen molar-refractivity contribution in [1.82, 2.24) is 19.1 Å². The molecule has 0 radical (unpaired) electrons. The third-order valence-electron chi connectivity index (χ3n) is 9.05. The first-order chi connectivity index (χ1) is 24.3. The molecule has 2 saturated heterocycles. The Morgan fingerprint density at radius 3 is 2.55 bits per heavy atom. The number of hydrogen-bond donors (Lipinski definition) is 2. The standard InChI is InChI=1S/C34H48N4O11S2/c1-5-50(41,42)37(14-16-45-4)20-29-27-18-25(11-12-31(27)49-36-29)51(43,44)38(19-23(2)3)21-30(39)28(17-24-9-7-6-8-10-24)35-34(40)48-32-22-47-33-26(32)13-15-46-33/h6-12,18,23,26,28,30,32-33,39H,5,13-17,19-22H2,1-4H3,(H,35,40)/t26-,28-,30+,32-,33+/m0/s1. The van der Waals surface area contributed by atoms with Crippen molar-refractivity contribution in [3.63, 3.8) is 0 Å². The van der Waals surface area contributed by atoms with Gasteiger partial charge in [0, 0.05) is 32.1 Å². The third kappa shape index (κ3) is 9.64. The quantitative estimate of drug-likeness (QED) is 0.194. The SMILES string of the molecule is CCS(=O)(=O)N(CCOC)Cc1noc2ccc(S(=O)(=O)N(CC(C)C)C[C@@H](O)[C@H](Cc3ccccc3)NC(=O)O[C@H]3CO[C@H]4OCC[C@H]43)cc12. The van der Waals surface area contributed by atoms with Crippen molar-refractivity contribution in [2.45, 2.75) is 69.6 Å². The molecule has 1 aromatic heterocycles. The zero-order valence-corrected chi connectivity index (χ0v) is 31.0. The highest BCUT2D eigenvalue weighted by molar-refractivity contribution is 7.89. The number of alkyl carbamates (subject to hydrolysis) is 1. The van der Waals surface area contributed by atoms with Crippen molar-refractivity contribution < 1.29 is 50.2 Å². The van der Waals surface area contributed by atoms with E-state index in [2.05, 4.69) is 10.5 Å². The fraction of sp³-hybridized carbons (Fsp3) is 0.588. The van der Waals surface area contributed by atoms with Crippen LogP contribution in [0.4, 0.5) is 4.79 Å². The molecule has 51 heavy (non-hydrogen) atoms. The van der Waals surface area contributed by atoms with Crippen LogP contribution in [0.2, 0.25) is 0 Å². The predicted molar refractivity (Wildman–Crippen MR) is 186 cm³/mol. The number of amides is 1. The number of rotatable bonds is 18. The monoisotopic (exact) mass is 752 g/mol. The molecular weight excluding hydrogens is 705 g/mol. The van der Waals surface area contributed by atoms with Gasteiger partial charge < -0.3 is 33.9 Å². The van der Waals surface area contributed by atoms with Crippen LogP contribution in [0.25, 0.3) is 11.0 Å². The molecule has 0 unspecified atom stereocenters. The first-order valence-corrected chi connectivity index (χ1v) is 20.1. The van der Waals surface area contributed by atoms with Crippen LogP contribution in [0.5, 0.6) is 0 Å². The van der Waals surface area contributed by atoms with E-state index in [0.717, 1.165) is 5.56 Å². The highest BCUT2D eigenvalue weighted by Crippen LogP contribution is 2.33. The summed E-state index contributed by atoms with van der Waals surface area (Å²) in [6.45, 7) is 5.80. The Kier molecular flexibility index (Phi) is 13.1. The topological polar surface area (TPSA) is 187 Å². The number of benzene rings is 2. The number of fused-ring (bicyclic) bond motifs is 2. The van der Waals surface area contributed by atoms with E-state index in [1.807, 2.05) is 44.2 Å². The number of carbonyl (C=O) groups excluding carboxylic acids is 1. The molecule has 2 aliphatic rings. The van der Waals surface area contributed by atoms with Gasteiger partial charge in [-0.3, -0.25) is 0 Å². The molecule has 1 amide bonds. The Morgan fingerprint density at radius 1 is 1.08 bits per heavy atom. The Morgan fingerprint density at radius 2 is 1.84 bits per heavy atom. The second kappa shape index (κ2) is 17.1. The van der Waals surface area contributed by atoms with Crippen molar-refractivity contribution >= 4 is 37.1 Å². The van der Waals surface area contributed by atoms with Crippen LogP contribution < -0.4 is 5.32 Å². The lowest BCUT2D eigenvalue weighted by molar-refractivity contribution is -0.0907. The number of carbonyl (C=O) groups is 1. The number of nitrogens with one attached hydrogen (secondary N) is 1. The van der Waals surface area contributed by atoms with E-state index in [1.54, 1.807) is 0 Å². The number of aliphatic hydroxyl groups excluding tert-OH is 1. The van der Waals surface area contributed by atoms with Crippen LogP contribution in [-0.2, 0) is 52.0 Å². The van der Waals surface area contributed by atoms with Gasteiger partial charge in [0.2, 0.25) is 20.0 Å². The van der Waals surface area contributed by atoms with Gasteiger partial charge in [0.05, 0.1) is 55.1 Å². The van der Waals surface area contributed by atoms with Crippen LogP contribution in [0.1, 0.15) is 38.4 Å². The Hall–Kier alpha value is -3.16. The molecular formula is C34H48N4O11S2. The lowest BCUT2D eigenvalue weighted by atomic mass is 10.0. The highest BCUT2D eigenvalue weighted by atomic mass is 32.2. The predicted octanol–water partition coefficient (Wildman–Crippen LogP) is 2.73. The Labute approximate surface area is 299 Å². The van der Waals surface area contributed by atoms with Gasteiger partial charge in [0.1, 0.15) is 11.8 Å². The summed E-state index contributed by atoms with van der Waals surface area (Å²) in [4.78, 5) is 13.1. The van der Waals surface area contributed by atoms with Gasteiger partial charge in [-0.1, -0.05) is 49.3 Å². The first kappa shape index (κ1) is 39.1. The first-order valence-electron chi connectivity index (χ1n) is 17.1. The Bertz CT molecular complexity index is 1820. The van der Waals surface area contributed by atoms with E-state index in [4.69, 9.17) is 23.5 Å². The van der Waals surface area contributed by atoms with E-state index >= 15 is 0 Å². The minimum absolute atomic E-state index is 0.0679. The molecule has 5 rings (SSSR count). The van der Waals surface area contributed by atoms with Gasteiger partial charge >= 0.3 is 6.09 Å². The zero-order chi connectivity index (χ0) is 36.8. The van der Waals surface area contributed by atoms with Gasteiger partial charge in [-0.05, 0) is 49.4 Å². The number of aromatic nitrogens is 1. The minimum Gasteiger partial charge on any atom is -0.443 e. The summed E-state index contributed by atoms with van der Waals surface area (Å²) in [5.74, 6) is -0.334. The van der Waals surface area contributed by atoms with Crippen LogP contribution in [0.3, 0.4) is 0 Å². The van der Waals surface area contributed by atoms with Gasteiger partial charge in [0.25, 0.3) is 0 Å². The summed E-state index contributed by atoms with van der Waals surface area (Å²) in [5.41, 5.74) is 1.36. The van der Waals surface area contributed by atoms with Gasteiger partial charge in [-0.25, -0.2) is 21.6 Å². The van der Waals surface area contributed by atoms with Gasteiger partial charge in [-0.2, -0.15) is 8.61 Å². The number of ether oxygens (including phenoxy) is 4. The van der Waals surface area contributed by atoms with Crippen molar-refractivity contribution in [3.05, 3.63) is 59.8 Å². The smallest absolute Gasteiger partial charge is 0.407 e. The number of methoxy groups -OCH3 is 1. The summed E-state index contributed by atoms with van der Waals surface area (Å²) in [6, 6.07) is 12.6. The minimum atomic E-state index is -4.24. The van der Waals surface area contributed by atoms with Crippen LogP contribution in [0.15, 0.2) is 57.9 Å². The molecule has 0 aliphatic carbocycles. The number of nitrogens with zero attached hydrogens (tertiary/aromatic N) is 3. The number of hydrogen-bond acceptors (Lipinski definition) is 12. The summed E-state index contributed by atoms with van der Waals surface area (Å²) >= 11 is 0. The molecule has 15 nitrogen and oxygen atoms in total. The zero-order valence-electron chi connectivity index (χ0n) is 29.3. The maximum absolute atomic E-state index is 14.3. The maximum Gasteiger partial charge on any atom is 0.407 e. The highest BCUT2D eigenvalue weighted by Gasteiger charge is 2.44. The molecule has 0 spiro atoms. The molecule has 0 saturated carbocycles. The normalized spacial score (nSPS) is 20.7. The second-order valence-electron chi connectivity index (χ2n) is 13.2. The molecule has 2 aliphatic heterocycles. The fourth-order valence-corrected chi connectivity index (χ4v) is 8.97.